The van der Waals surface area contributed by atoms with E-state index in [1.807, 2.05) is 24.3 Å². The molecule has 0 aliphatic carbocycles. The van der Waals surface area contributed by atoms with Gasteiger partial charge in [0.1, 0.15) is 0 Å². The summed E-state index contributed by atoms with van der Waals surface area (Å²) in [5.41, 5.74) is 2.36. The fourth-order valence-electron chi connectivity index (χ4n) is 2.88. The summed E-state index contributed by atoms with van der Waals surface area (Å²) in [5.74, 6) is -0.820. The SMILES string of the molecule is O=C(COC(=O)c1ccsc1)Nc1ccc(N2CCCCCC2)cc1. The maximum atomic E-state index is 11.9. The van der Waals surface area contributed by atoms with Crippen LogP contribution < -0.4 is 10.2 Å². The number of rotatable bonds is 5. The number of nitrogens with one attached hydrogen (secondary N) is 1. The van der Waals surface area contributed by atoms with Crippen LogP contribution in [0, 0.1) is 0 Å². The zero-order valence-corrected chi connectivity index (χ0v) is 14.9. The summed E-state index contributed by atoms with van der Waals surface area (Å²) in [5, 5.41) is 6.24. The molecule has 1 aliphatic heterocycles. The molecule has 6 heteroatoms. The van der Waals surface area contributed by atoms with E-state index in [4.69, 9.17) is 4.74 Å². The summed E-state index contributed by atoms with van der Waals surface area (Å²) < 4.78 is 5.00. The lowest BCUT2D eigenvalue weighted by molar-refractivity contribution is -0.119. The Morgan fingerprint density at radius 2 is 1.76 bits per heavy atom. The van der Waals surface area contributed by atoms with E-state index in [0.717, 1.165) is 13.1 Å². The van der Waals surface area contributed by atoms with Gasteiger partial charge in [-0.15, -0.1) is 0 Å². The highest BCUT2D eigenvalue weighted by Gasteiger charge is 2.12. The normalized spacial score (nSPS) is 14.6. The highest BCUT2D eigenvalue weighted by molar-refractivity contribution is 7.08. The number of anilines is 2. The molecule has 5 nitrogen and oxygen atoms in total. The van der Waals surface area contributed by atoms with Gasteiger partial charge < -0.3 is 15.0 Å². The van der Waals surface area contributed by atoms with E-state index in [9.17, 15) is 9.59 Å². The van der Waals surface area contributed by atoms with Crippen molar-refractivity contribution in [3.8, 4) is 0 Å². The molecule has 1 fully saturated rings. The maximum absolute atomic E-state index is 11.9. The zero-order valence-electron chi connectivity index (χ0n) is 14.1. The zero-order chi connectivity index (χ0) is 17.5. The number of thiophene rings is 1. The summed E-state index contributed by atoms with van der Waals surface area (Å²) in [7, 11) is 0. The summed E-state index contributed by atoms with van der Waals surface area (Å²) in [6, 6.07) is 9.50. The molecule has 0 unspecified atom stereocenters. The summed E-state index contributed by atoms with van der Waals surface area (Å²) in [6.45, 7) is 1.89. The Labute approximate surface area is 151 Å². The molecule has 0 radical (unpaired) electrons. The van der Waals surface area contributed by atoms with Crippen LogP contribution in [0.2, 0.25) is 0 Å². The van der Waals surface area contributed by atoms with Crippen molar-refractivity contribution in [3.05, 3.63) is 46.7 Å². The van der Waals surface area contributed by atoms with Gasteiger partial charge in [0.15, 0.2) is 6.61 Å². The van der Waals surface area contributed by atoms with Crippen molar-refractivity contribution in [1.29, 1.82) is 0 Å². The molecule has 0 saturated carbocycles. The number of carbonyl (C=O) groups is 2. The second-order valence-electron chi connectivity index (χ2n) is 6.08. The Kier molecular flexibility index (Phi) is 6.06. The number of benzene rings is 1. The average Bonchev–Trinajstić information content (AvgIpc) is 3.03. The summed E-state index contributed by atoms with van der Waals surface area (Å²) in [6.07, 6.45) is 5.06. The number of esters is 1. The smallest absolute Gasteiger partial charge is 0.339 e. The predicted octanol–water partition coefficient (Wildman–Crippen LogP) is 3.92. The molecule has 1 aromatic carbocycles. The molecule has 132 valence electrons. The topological polar surface area (TPSA) is 58.6 Å². The maximum Gasteiger partial charge on any atom is 0.339 e. The molecular formula is C19H22N2O3S. The minimum atomic E-state index is -0.479. The largest absolute Gasteiger partial charge is 0.452 e. The van der Waals surface area contributed by atoms with Crippen molar-refractivity contribution < 1.29 is 14.3 Å². The van der Waals surface area contributed by atoms with E-state index < -0.39 is 5.97 Å². The van der Waals surface area contributed by atoms with Crippen molar-refractivity contribution in [2.75, 3.05) is 29.9 Å². The highest BCUT2D eigenvalue weighted by atomic mass is 32.1. The van der Waals surface area contributed by atoms with Crippen LogP contribution in [0.25, 0.3) is 0 Å². The molecule has 3 rings (SSSR count). The first-order valence-corrected chi connectivity index (χ1v) is 9.51. The molecule has 2 aromatic rings. The highest BCUT2D eigenvalue weighted by Crippen LogP contribution is 2.21. The Balaban J connectivity index is 1.49. The number of ether oxygens (including phenoxy) is 1. The van der Waals surface area contributed by atoms with Crippen molar-refractivity contribution in [2.45, 2.75) is 25.7 Å². The third kappa shape index (κ3) is 5.06. The molecule has 0 spiro atoms. The van der Waals surface area contributed by atoms with E-state index in [2.05, 4.69) is 10.2 Å². The van der Waals surface area contributed by atoms with Crippen LogP contribution in [0.1, 0.15) is 36.0 Å². The lowest BCUT2D eigenvalue weighted by Gasteiger charge is -2.22. The molecule has 1 aromatic heterocycles. The third-order valence-corrected chi connectivity index (χ3v) is 4.90. The van der Waals surface area contributed by atoms with Gasteiger partial charge >= 0.3 is 5.97 Å². The van der Waals surface area contributed by atoms with Crippen LogP contribution in [-0.2, 0) is 9.53 Å². The fourth-order valence-corrected chi connectivity index (χ4v) is 3.50. The molecule has 0 bridgehead atoms. The van der Waals surface area contributed by atoms with Crippen LogP contribution >= 0.6 is 11.3 Å². The first kappa shape index (κ1) is 17.5. The first-order valence-electron chi connectivity index (χ1n) is 8.56. The molecule has 1 amide bonds. The van der Waals surface area contributed by atoms with Crippen molar-refractivity contribution >= 4 is 34.6 Å². The van der Waals surface area contributed by atoms with E-state index >= 15 is 0 Å². The van der Waals surface area contributed by atoms with Crippen molar-refractivity contribution in [3.63, 3.8) is 0 Å². The first-order chi connectivity index (χ1) is 12.2. The van der Waals surface area contributed by atoms with Crippen LogP contribution in [-0.4, -0.2) is 31.6 Å². The van der Waals surface area contributed by atoms with Gasteiger partial charge in [0.05, 0.1) is 5.56 Å². The molecule has 1 aliphatic rings. The third-order valence-electron chi connectivity index (χ3n) is 4.21. The standard InChI is InChI=1S/C19H22N2O3S/c22-18(13-24-19(23)15-9-12-25-14-15)20-16-5-7-17(8-6-16)21-10-3-1-2-4-11-21/h5-9,12,14H,1-4,10-11,13H2,(H,20,22). The van der Waals surface area contributed by atoms with Gasteiger partial charge in [-0.3, -0.25) is 4.79 Å². The monoisotopic (exact) mass is 358 g/mol. The van der Waals surface area contributed by atoms with Gasteiger partial charge in [-0.1, -0.05) is 12.8 Å². The summed E-state index contributed by atoms with van der Waals surface area (Å²) >= 11 is 1.41. The Bertz CT molecular complexity index is 690. The minimum Gasteiger partial charge on any atom is -0.452 e. The Morgan fingerprint density at radius 1 is 1.04 bits per heavy atom. The van der Waals surface area contributed by atoms with Gasteiger partial charge in [0.25, 0.3) is 5.91 Å². The van der Waals surface area contributed by atoms with E-state index in [1.54, 1.807) is 16.8 Å². The van der Waals surface area contributed by atoms with Crippen LogP contribution in [0.4, 0.5) is 11.4 Å². The molecule has 25 heavy (non-hydrogen) atoms. The van der Waals surface area contributed by atoms with Crippen LogP contribution in [0.15, 0.2) is 41.1 Å². The van der Waals surface area contributed by atoms with E-state index in [-0.39, 0.29) is 12.5 Å². The molecule has 0 atom stereocenters. The van der Waals surface area contributed by atoms with Crippen molar-refractivity contribution in [1.82, 2.24) is 0 Å². The fraction of sp³-hybridized carbons (Fsp3) is 0.368. The second kappa shape index (κ2) is 8.67. The predicted molar refractivity (Wildman–Crippen MR) is 100 cm³/mol. The van der Waals surface area contributed by atoms with Gasteiger partial charge in [-0.25, -0.2) is 4.79 Å². The van der Waals surface area contributed by atoms with Crippen molar-refractivity contribution in [2.24, 2.45) is 0 Å². The molecule has 2 heterocycles. The number of hydrogen-bond acceptors (Lipinski definition) is 5. The number of hydrogen-bond donors (Lipinski definition) is 1. The lowest BCUT2D eigenvalue weighted by atomic mass is 10.2. The Morgan fingerprint density at radius 3 is 2.40 bits per heavy atom. The Hall–Kier alpha value is -2.34. The second-order valence-corrected chi connectivity index (χ2v) is 6.86. The van der Waals surface area contributed by atoms with E-state index in [0.29, 0.717) is 11.3 Å². The van der Waals surface area contributed by atoms with Gasteiger partial charge in [-0.2, -0.15) is 11.3 Å². The molecular weight excluding hydrogens is 336 g/mol. The average molecular weight is 358 g/mol. The quantitative estimate of drug-likeness (QED) is 0.823. The van der Waals surface area contributed by atoms with Gasteiger partial charge in [-0.05, 0) is 48.6 Å². The number of amides is 1. The molecule has 1 N–H and O–H groups in total. The van der Waals surface area contributed by atoms with Gasteiger partial charge in [0, 0.05) is 29.8 Å². The molecule has 1 saturated heterocycles. The van der Waals surface area contributed by atoms with Gasteiger partial charge in [0.2, 0.25) is 0 Å². The van der Waals surface area contributed by atoms with Crippen LogP contribution in [0.5, 0.6) is 0 Å². The minimum absolute atomic E-state index is 0.289. The lowest BCUT2D eigenvalue weighted by Crippen LogP contribution is -2.24. The number of carbonyl (C=O) groups excluding carboxylic acids is 2. The van der Waals surface area contributed by atoms with E-state index in [1.165, 1.54) is 42.7 Å². The summed E-state index contributed by atoms with van der Waals surface area (Å²) in [4.78, 5) is 26.0. The number of nitrogens with zero attached hydrogens (tertiary/aromatic N) is 1. The van der Waals surface area contributed by atoms with Crippen LogP contribution in [0.3, 0.4) is 0 Å².